The van der Waals surface area contributed by atoms with E-state index in [0.29, 0.717) is 49.9 Å². The zero-order valence-corrected chi connectivity index (χ0v) is 19.8. The summed E-state index contributed by atoms with van der Waals surface area (Å²) in [6, 6.07) is 9.91. The zero-order valence-electron chi connectivity index (χ0n) is 19.8. The number of nitrogens with zero attached hydrogens (tertiary/aromatic N) is 2. The van der Waals surface area contributed by atoms with E-state index < -0.39 is 23.5 Å². The van der Waals surface area contributed by atoms with Crippen molar-refractivity contribution in [3.8, 4) is 5.75 Å². The molecule has 1 aromatic heterocycles. The van der Waals surface area contributed by atoms with Crippen LogP contribution in [-0.2, 0) is 9.53 Å². The number of Topliss-reactive ketones (excluding diaryl/α,β-unsaturated/α-hetero) is 1. The molecule has 4 rings (SSSR count). The molecule has 2 aliphatic heterocycles. The predicted molar refractivity (Wildman–Crippen MR) is 126 cm³/mol. The van der Waals surface area contributed by atoms with Crippen LogP contribution in [-0.4, -0.2) is 72.6 Å². The number of ether oxygens (including phenoxy) is 2. The van der Waals surface area contributed by atoms with Crippen LogP contribution in [0.3, 0.4) is 0 Å². The fraction of sp³-hybridized carbons (Fsp3) is 0.462. The number of aryl methyl sites for hydroxylation is 1. The minimum atomic E-state index is -0.722. The topological polar surface area (TPSA) is 92.5 Å². The number of ketones is 1. The van der Waals surface area contributed by atoms with Gasteiger partial charge >= 0.3 is 0 Å². The van der Waals surface area contributed by atoms with E-state index in [0.717, 1.165) is 26.1 Å². The summed E-state index contributed by atoms with van der Waals surface area (Å²) in [6.45, 7) is 8.68. The van der Waals surface area contributed by atoms with Crippen LogP contribution in [0.15, 0.2) is 52.1 Å². The molecule has 34 heavy (non-hydrogen) atoms. The van der Waals surface area contributed by atoms with Gasteiger partial charge in [0.25, 0.3) is 5.91 Å². The smallest absolute Gasteiger partial charge is 0.290 e. The maximum Gasteiger partial charge on any atom is 0.290 e. The second-order valence-corrected chi connectivity index (χ2v) is 8.63. The number of hydrogen-bond acceptors (Lipinski definition) is 7. The Labute approximate surface area is 199 Å². The Morgan fingerprint density at radius 1 is 1.18 bits per heavy atom. The molecule has 1 amide bonds. The van der Waals surface area contributed by atoms with Crippen LogP contribution < -0.4 is 4.74 Å². The minimum Gasteiger partial charge on any atom is -0.503 e. The summed E-state index contributed by atoms with van der Waals surface area (Å²) in [5.74, 6) is -0.201. The van der Waals surface area contributed by atoms with Gasteiger partial charge in [0.05, 0.1) is 31.4 Å². The molecule has 0 saturated carbocycles. The van der Waals surface area contributed by atoms with Gasteiger partial charge in [0.15, 0.2) is 11.5 Å². The summed E-state index contributed by atoms with van der Waals surface area (Å²) in [5, 5.41) is 10.8. The van der Waals surface area contributed by atoms with Crippen molar-refractivity contribution in [2.45, 2.75) is 32.7 Å². The van der Waals surface area contributed by atoms with Gasteiger partial charge in [-0.2, -0.15) is 0 Å². The molecule has 1 atom stereocenters. The standard InChI is InChI=1S/C26H32N2O6/c1-3-14-33-20-7-4-6-19(17-20)23-22(24(29)21-9-8-18(2)34-21)25(30)26(31)28(23)11-5-10-27-12-15-32-16-13-27/h4,6-9,17,23,30H,3,5,10-16H2,1-2H3/t23-/m1/s1. The van der Waals surface area contributed by atoms with E-state index in [4.69, 9.17) is 13.9 Å². The lowest BCUT2D eigenvalue weighted by Gasteiger charge is -2.30. The molecule has 0 aliphatic carbocycles. The number of benzene rings is 1. The average Bonchev–Trinajstić information content (AvgIpc) is 3.40. The van der Waals surface area contributed by atoms with Gasteiger partial charge in [-0.1, -0.05) is 19.1 Å². The van der Waals surface area contributed by atoms with Crippen LogP contribution >= 0.6 is 0 Å². The Morgan fingerprint density at radius 2 is 1.97 bits per heavy atom. The molecule has 2 aliphatic rings. The number of carbonyl (C=O) groups excluding carboxylic acids is 2. The van der Waals surface area contributed by atoms with Gasteiger partial charge in [0.1, 0.15) is 11.5 Å². The fourth-order valence-corrected chi connectivity index (χ4v) is 4.44. The van der Waals surface area contributed by atoms with Crippen LogP contribution in [0.5, 0.6) is 5.75 Å². The maximum absolute atomic E-state index is 13.4. The number of hydrogen-bond donors (Lipinski definition) is 1. The summed E-state index contributed by atoms with van der Waals surface area (Å²) in [6.07, 6.45) is 1.57. The number of carbonyl (C=O) groups is 2. The lowest BCUT2D eigenvalue weighted by Crippen LogP contribution is -2.39. The van der Waals surface area contributed by atoms with Crippen LogP contribution in [0.1, 0.15) is 47.7 Å². The lowest BCUT2D eigenvalue weighted by atomic mass is 9.95. The summed E-state index contributed by atoms with van der Waals surface area (Å²) in [7, 11) is 0. The molecule has 0 radical (unpaired) electrons. The van der Waals surface area contributed by atoms with Gasteiger partial charge in [0, 0.05) is 26.2 Å². The van der Waals surface area contributed by atoms with E-state index in [1.807, 2.05) is 31.2 Å². The SMILES string of the molecule is CCCOc1cccc([C@@H]2C(C(=O)c3ccc(C)o3)=C(O)C(=O)N2CCCN2CCOCC2)c1. The van der Waals surface area contributed by atoms with Crippen molar-refractivity contribution in [1.29, 1.82) is 0 Å². The van der Waals surface area contributed by atoms with Gasteiger partial charge in [-0.05, 0) is 49.6 Å². The van der Waals surface area contributed by atoms with E-state index in [9.17, 15) is 14.7 Å². The Morgan fingerprint density at radius 3 is 2.68 bits per heavy atom. The average molecular weight is 469 g/mol. The molecule has 0 unspecified atom stereocenters. The van der Waals surface area contributed by atoms with Gasteiger partial charge < -0.3 is 23.9 Å². The maximum atomic E-state index is 13.4. The summed E-state index contributed by atoms with van der Waals surface area (Å²) in [5.41, 5.74) is 0.752. The predicted octanol–water partition coefficient (Wildman–Crippen LogP) is 3.68. The minimum absolute atomic E-state index is 0.0402. The monoisotopic (exact) mass is 468 g/mol. The van der Waals surface area contributed by atoms with Crippen molar-refractivity contribution in [3.05, 3.63) is 64.8 Å². The van der Waals surface area contributed by atoms with Crippen LogP contribution in [0.25, 0.3) is 0 Å². The molecule has 182 valence electrons. The van der Waals surface area contributed by atoms with Crippen LogP contribution in [0.4, 0.5) is 0 Å². The highest BCUT2D eigenvalue weighted by Crippen LogP contribution is 2.40. The van der Waals surface area contributed by atoms with Gasteiger partial charge in [-0.15, -0.1) is 0 Å². The molecule has 0 spiro atoms. The molecule has 8 heteroatoms. The van der Waals surface area contributed by atoms with Gasteiger partial charge in [0.2, 0.25) is 5.78 Å². The second kappa shape index (κ2) is 10.9. The molecule has 1 fully saturated rings. The highest BCUT2D eigenvalue weighted by Gasteiger charge is 2.44. The van der Waals surface area contributed by atoms with Crippen molar-refractivity contribution in [2.24, 2.45) is 0 Å². The highest BCUT2D eigenvalue weighted by atomic mass is 16.5. The summed E-state index contributed by atoms with van der Waals surface area (Å²) >= 11 is 0. The number of aliphatic hydroxyl groups is 1. The first-order valence-corrected chi connectivity index (χ1v) is 11.9. The van der Waals surface area contributed by atoms with Gasteiger partial charge in [-0.25, -0.2) is 0 Å². The summed E-state index contributed by atoms with van der Waals surface area (Å²) < 4.78 is 16.7. The number of morpholine rings is 1. The largest absolute Gasteiger partial charge is 0.503 e. The molecule has 1 N–H and O–H groups in total. The third-order valence-electron chi connectivity index (χ3n) is 6.14. The van der Waals surface area contributed by atoms with Gasteiger partial charge in [-0.3, -0.25) is 14.5 Å². The normalized spacial score (nSPS) is 19.2. The van der Waals surface area contributed by atoms with Crippen molar-refractivity contribution in [2.75, 3.05) is 46.0 Å². The van der Waals surface area contributed by atoms with E-state index in [-0.39, 0.29) is 11.3 Å². The number of rotatable bonds is 10. The molecule has 3 heterocycles. The Kier molecular flexibility index (Phi) is 7.70. The van der Waals surface area contributed by atoms with Crippen molar-refractivity contribution >= 4 is 11.7 Å². The summed E-state index contributed by atoms with van der Waals surface area (Å²) in [4.78, 5) is 30.4. The first kappa shape index (κ1) is 24.0. The highest BCUT2D eigenvalue weighted by molar-refractivity contribution is 6.15. The molecule has 2 aromatic rings. The second-order valence-electron chi connectivity index (χ2n) is 8.63. The number of furan rings is 1. The Balaban J connectivity index is 1.62. The van der Waals surface area contributed by atoms with E-state index in [2.05, 4.69) is 4.90 Å². The van der Waals surface area contributed by atoms with Crippen LogP contribution in [0, 0.1) is 6.92 Å². The molecular weight excluding hydrogens is 436 g/mol. The molecule has 1 saturated heterocycles. The van der Waals surface area contributed by atoms with Crippen LogP contribution in [0.2, 0.25) is 0 Å². The molecule has 1 aromatic carbocycles. The number of aliphatic hydroxyl groups excluding tert-OH is 1. The first-order chi connectivity index (χ1) is 16.5. The Bertz CT molecular complexity index is 1050. The third kappa shape index (κ3) is 5.18. The lowest BCUT2D eigenvalue weighted by molar-refractivity contribution is -0.129. The van der Waals surface area contributed by atoms with Crippen molar-refractivity contribution in [1.82, 2.24) is 9.80 Å². The Hall–Kier alpha value is -3.10. The third-order valence-corrected chi connectivity index (χ3v) is 6.14. The fourth-order valence-electron chi connectivity index (χ4n) is 4.44. The molecule has 8 nitrogen and oxygen atoms in total. The van der Waals surface area contributed by atoms with E-state index >= 15 is 0 Å². The number of amides is 1. The van der Waals surface area contributed by atoms with E-state index in [1.54, 1.807) is 24.0 Å². The zero-order chi connectivity index (χ0) is 24.1. The van der Waals surface area contributed by atoms with E-state index in [1.165, 1.54) is 0 Å². The molecule has 0 bridgehead atoms. The van der Waals surface area contributed by atoms with Crippen molar-refractivity contribution in [3.63, 3.8) is 0 Å². The quantitative estimate of drug-likeness (QED) is 0.532. The van der Waals surface area contributed by atoms with Crippen molar-refractivity contribution < 1.29 is 28.6 Å². The molecular formula is C26H32N2O6. The first-order valence-electron chi connectivity index (χ1n) is 11.9.